The van der Waals surface area contributed by atoms with Crippen molar-refractivity contribution in [1.29, 1.82) is 0 Å². The summed E-state index contributed by atoms with van der Waals surface area (Å²) in [4.78, 5) is 11.5. The van der Waals surface area contributed by atoms with Crippen LogP contribution in [0.15, 0.2) is 60.7 Å². The van der Waals surface area contributed by atoms with Crippen LogP contribution in [-0.2, 0) is 6.54 Å². The molecule has 1 aliphatic heterocycles. The number of rotatable bonds is 6. The average Bonchev–Trinajstić information content (AvgIpc) is 2.79. The predicted octanol–water partition coefficient (Wildman–Crippen LogP) is 5.65. The Labute approximate surface area is 199 Å². The molecule has 3 aromatic rings. The standard InChI is InChI=1S/C24H26ClN5OS/c1-17-6-5-13-30(16-17)21-14-22(31-20-7-3-2-4-8-20)28-23(27-21)29-24(32)26-15-18-9-11-19(25)12-10-18/h2-4,7-12,14,17H,5-6,13,15-16H2,1H3,(H2,26,27,28,29,32)/t17-/m1/s1. The van der Waals surface area contributed by atoms with E-state index in [4.69, 9.17) is 33.5 Å². The first-order valence-corrected chi connectivity index (χ1v) is 11.5. The Morgan fingerprint density at radius 2 is 1.94 bits per heavy atom. The zero-order valence-electron chi connectivity index (χ0n) is 17.9. The summed E-state index contributed by atoms with van der Waals surface area (Å²) in [5.74, 6) is 3.05. The molecule has 32 heavy (non-hydrogen) atoms. The van der Waals surface area contributed by atoms with Crippen LogP contribution in [0.5, 0.6) is 11.6 Å². The van der Waals surface area contributed by atoms with E-state index in [1.54, 1.807) is 0 Å². The highest BCUT2D eigenvalue weighted by molar-refractivity contribution is 7.80. The molecule has 0 unspecified atom stereocenters. The molecule has 1 atom stereocenters. The van der Waals surface area contributed by atoms with Gasteiger partial charge in [-0.3, -0.25) is 0 Å². The lowest BCUT2D eigenvalue weighted by Crippen LogP contribution is -2.35. The third-order valence-electron chi connectivity index (χ3n) is 5.23. The van der Waals surface area contributed by atoms with Crippen LogP contribution in [0.2, 0.25) is 5.02 Å². The number of nitrogens with one attached hydrogen (secondary N) is 2. The van der Waals surface area contributed by atoms with Crippen molar-refractivity contribution in [3.8, 4) is 11.6 Å². The molecule has 2 heterocycles. The minimum atomic E-state index is 0.403. The number of piperidine rings is 1. The summed E-state index contributed by atoms with van der Waals surface area (Å²) in [6, 6.07) is 19.1. The van der Waals surface area contributed by atoms with Gasteiger partial charge in [0.2, 0.25) is 11.8 Å². The maximum atomic E-state index is 6.01. The van der Waals surface area contributed by atoms with Crippen LogP contribution in [-0.4, -0.2) is 28.2 Å². The number of halogens is 1. The van der Waals surface area contributed by atoms with Gasteiger partial charge in [0.25, 0.3) is 0 Å². The first-order valence-electron chi connectivity index (χ1n) is 10.7. The third kappa shape index (κ3) is 6.31. The molecular weight excluding hydrogens is 442 g/mol. The lowest BCUT2D eigenvalue weighted by Gasteiger charge is -2.32. The van der Waals surface area contributed by atoms with E-state index in [2.05, 4.69) is 27.4 Å². The van der Waals surface area contributed by atoms with Crippen LogP contribution >= 0.6 is 23.8 Å². The summed E-state index contributed by atoms with van der Waals surface area (Å²) in [6.07, 6.45) is 2.38. The Kier molecular flexibility index (Phi) is 7.39. The predicted molar refractivity (Wildman–Crippen MR) is 134 cm³/mol. The van der Waals surface area contributed by atoms with Crippen LogP contribution in [0.1, 0.15) is 25.3 Å². The zero-order chi connectivity index (χ0) is 22.3. The molecule has 6 nitrogen and oxygen atoms in total. The van der Waals surface area contributed by atoms with Crippen LogP contribution in [0.4, 0.5) is 11.8 Å². The fourth-order valence-corrected chi connectivity index (χ4v) is 3.91. The smallest absolute Gasteiger partial charge is 0.234 e. The summed E-state index contributed by atoms with van der Waals surface area (Å²) in [5.41, 5.74) is 1.07. The molecule has 1 aliphatic rings. The van der Waals surface area contributed by atoms with Crippen molar-refractivity contribution in [1.82, 2.24) is 15.3 Å². The number of hydrogen-bond donors (Lipinski definition) is 2. The molecule has 1 saturated heterocycles. The van der Waals surface area contributed by atoms with E-state index >= 15 is 0 Å². The van der Waals surface area contributed by atoms with Crippen molar-refractivity contribution in [3.05, 3.63) is 71.2 Å². The Morgan fingerprint density at radius 3 is 2.69 bits per heavy atom. The molecule has 1 aromatic heterocycles. The molecule has 0 aliphatic carbocycles. The van der Waals surface area contributed by atoms with Gasteiger partial charge in [0.05, 0.1) is 0 Å². The number of benzene rings is 2. The molecule has 2 aromatic carbocycles. The number of thiocarbonyl (C=S) groups is 1. The summed E-state index contributed by atoms with van der Waals surface area (Å²) < 4.78 is 6.01. The number of para-hydroxylation sites is 1. The summed E-state index contributed by atoms with van der Waals surface area (Å²) in [7, 11) is 0. The van der Waals surface area contributed by atoms with E-state index in [9.17, 15) is 0 Å². The first kappa shape index (κ1) is 22.3. The van der Waals surface area contributed by atoms with Crippen molar-refractivity contribution in [2.45, 2.75) is 26.3 Å². The minimum Gasteiger partial charge on any atom is -0.439 e. The Balaban J connectivity index is 1.50. The number of anilines is 2. The second-order valence-electron chi connectivity index (χ2n) is 7.93. The minimum absolute atomic E-state index is 0.403. The highest BCUT2D eigenvalue weighted by atomic mass is 35.5. The molecule has 166 valence electrons. The SMILES string of the molecule is C[C@@H]1CCCN(c2cc(Oc3ccccc3)nc(NC(=S)NCc3ccc(Cl)cc3)n2)C1. The van der Waals surface area contributed by atoms with Gasteiger partial charge in [0.15, 0.2) is 5.11 Å². The van der Waals surface area contributed by atoms with Crippen molar-refractivity contribution >= 4 is 40.7 Å². The number of hydrogen-bond acceptors (Lipinski definition) is 5. The largest absolute Gasteiger partial charge is 0.439 e. The fourth-order valence-electron chi connectivity index (χ4n) is 3.62. The molecule has 0 saturated carbocycles. The quantitative estimate of drug-likeness (QED) is 0.454. The fraction of sp³-hybridized carbons (Fsp3) is 0.292. The van der Waals surface area contributed by atoms with Gasteiger partial charge in [-0.1, -0.05) is 48.9 Å². The van der Waals surface area contributed by atoms with Gasteiger partial charge >= 0.3 is 0 Å². The first-order chi connectivity index (χ1) is 15.5. The van der Waals surface area contributed by atoms with E-state index in [1.807, 2.05) is 60.7 Å². The van der Waals surface area contributed by atoms with Crippen molar-refractivity contribution in [2.75, 3.05) is 23.3 Å². The van der Waals surface area contributed by atoms with Gasteiger partial charge in [0.1, 0.15) is 11.6 Å². The highest BCUT2D eigenvalue weighted by Gasteiger charge is 2.20. The lowest BCUT2D eigenvalue weighted by atomic mass is 10.0. The molecule has 4 rings (SSSR count). The Hall–Kier alpha value is -2.90. The molecule has 8 heteroatoms. The Bertz CT molecular complexity index is 1050. The van der Waals surface area contributed by atoms with Crippen molar-refractivity contribution in [2.24, 2.45) is 5.92 Å². The second kappa shape index (κ2) is 10.6. The zero-order valence-corrected chi connectivity index (χ0v) is 19.5. The molecule has 0 bridgehead atoms. The molecule has 2 N–H and O–H groups in total. The van der Waals surface area contributed by atoms with Crippen molar-refractivity contribution < 1.29 is 4.74 Å². The molecule has 0 amide bonds. The second-order valence-corrected chi connectivity index (χ2v) is 8.78. The summed E-state index contributed by atoms with van der Waals surface area (Å²) >= 11 is 11.4. The van der Waals surface area contributed by atoms with E-state index in [0.717, 1.165) is 36.6 Å². The van der Waals surface area contributed by atoms with Gasteiger partial charge in [0, 0.05) is 30.7 Å². The van der Waals surface area contributed by atoms with Crippen LogP contribution < -0.4 is 20.3 Å². The van der Waals surface area contributed by atoms with Gasteiger partial charge in [-0.25, -0.2) is 0 Å². The summed E-state index contributed by atoms with van der Waals surface area (Å²) in [5, 5.41) is 7.44. The highest BCUT2D eigenvalue weighted by Crippen LogP contribution is 2.27. The van der Waals surface area contributed by atoms with Gasteiger partial charge in [-0.05, 0) is 60.8 Å². The lowest BCUT2D eigenvalue weighted by molar-refractivity contribution is 0.440. The topological polar surface area (TPSA) is 62.3 Å². The van der Waals surface area contributed by atoms with E-state index in [1.165, 1.54) is 6.42 Å². The monoisotopic (exact) mass is 467 g/mol. The number of nitrogens with zero attached hydrogens (tertiary/aromatic N) is 3. The van der Waals surface area contributed by atoms with Crippen LogP contribution in [0.25, 0.3) is 0 Å². The Morgan fingerprint density at radius 1 is 1.16 bits per heavy atom. The summed E-state index contributed by atoms with van der Waals surface area (Å²) in [6.45, 7) is 4.76. The van der Waals surface area contributed by atoms with E-state index in [-0.39, 0.29) is 0 Å². The maximum absolute atomic E-state index is 6.01. The van der Waals surface area contributed by atoms with Gasteiger partial charge < -0.3 is 20.3 Å². The number of ether oxygens (including phenoxy) is 1. The molecule has 1 fully saturated rings. The molecule has 0 radical (unpaired) electrons. The van der Waals surface area contributed by atoms with Gasteiger partial charge in [-0.2, -0.15) is 9.97 Å². The van der Waals surface area contributed by atoms with Gasteiger partial charge in [-0.15, -0.1) is 0 Å². The third-order valence-corrected chi connectivity index (χ3v) is 5.73. The molecular formula is C24H26ClN5OS. The average molecular weight is 468 g/mol. The maximum Gasteiger partial charge on any atom is 0.234 e. The van der Waals surface area contributed by atoms with E-state index < -0.39 is 0 Å². The number of aromatic nitrogens is 2. The normalized spacial score (nSPS) is 15.8. The van der Waals surface area contributed by atoms with Crippen LogP contribution in [0, 0.1) is 5.92 Å². The molecule has 0 spiro atoms. The van der Waals surface area contributed by atoms with Crippen molar-refractivity contribution in [3.63, 3.8) is 0 Å². The van der Waals surface area contributed by atoms with E-state index in [0.29, 0.717) is 34.4 Å². The van der Waals surface area contributed by atoms with Crippen LogP contribution in [0.3, 0.4) is 0 Å².